The van der Waals surface area contributed by atoms with Crippen molar-refractivity contribution in [2.75, 3.05) is 24.8 Å². The van der Waals surface area contributed by atoms with Crippen molar-refractivity contribution in [3.63, 3.8) is 0 Å². The number of hydrogen-bond acceptors (Lipinski definition) is 10. The van der Waals surface area contributed by atoms with Gasteiger partial charge in [-0.1, -0.05) is 11.6 Å². The number of anilines is 1. The van der Waals surface area contributed by atoms with Gasteiger partial charge in [0.05, 0.1) is 30.0 Å². The Balaban J connectivity index is 2.51. The molecule has 0 aromatic carbocycles. The van der Waals surface area contributed by atoms with E-state index in [1.807, 2.05) is 0 Å². The molecule has 0 aliphatic heterocycles. The van der Waals surface area contributed by atoms with Gasteiger partial charge >= 0.3 is 11.9 Å². The summed E-state index contributed by atoms with van der Waals surface area (Å²) >= 11 is 6.76. The lowest BCUT2D eigenvalue weighted by Gasteiger charge is -2.08. The smallest absolute Gasteiger partial charge is 0.348 e. The van der Waals surface area contributed by atoms with Gasteiger partial charge in [0.2, 0.25) is 15.0 Å². The number of carbonyl (C=O) groups excluding carboxylic acids is 3. The first-order valence-corrected chi connectivity index (χ1v) is 11.6. The van der Waals surface area contributed by atoms with E-state index < -0.39 is 38.5 Å². The fourth-order valence-corrected chi connectivity index (χ4v) is 4.06. The third kappa shape index (κ3) is 5.12. The maximum absolute atomic E-state index is 12.7. The average molecular weight is 476 g/mol. The Labute approximate surface area is 181 Å². The van der Waals surface area contributed by atoms with Gasteiger partial charge in [-0.05, 0) is 26.3 Å². The van der Waals surface area contributed by atoms with Crippen molar-refractivity contribution >= 4 is 55.6 Å². The van der Waals surface area contributed by atoms with Crippen molar-refractivity contribution in [3.8, 4) is 0 Å². The fraction of sp³-hybridized carbons (Fsp3) is 0.353. The Hall–Kier alpha value is -2.57. The predicted octanol–water partition coefficient (Wildman–Crippen LogP) is 2.51. The Morgan fingerprint density at radius 2 is 1.77 bits per heavy atom. The fourth-order valence-electron chi connectivity index (χ4n) is 2.29. The molecule has 2 heterocycles. The van der Waals surface area contributed by atoms with Gasteiger partial charge < -0.3 is 14.8 Å². The van der Waals surface area contributed by atoms with Gasteiger partial charge in [0.1, 0.15) is 9.88 Å². The Morgan fingerprint density at radius 1 is 1.17 bits per heavy atom. The van der Waals surface area contributed by atoms with Gasteiger partial charge in [-0.2, -0.15) is 0 Å². The number of ether oxygens (including phenoxy) is 2. The second-order valence-electron chi connectivity index (χ2n) is 5.78. The predicted molar refractivity (Wildman–Crippen MR) is 109 cm³/mol. The minimum Gasteiger partial charge on any atom is -0.462 e. The van der Waals surface area contributed by atoms with Crippen molar-refractivity contribution in [1.82, 2.24) is 9.97 Å². The van der Waals surface area contributed by atoms with E-state index in [-0.39, 0.29) is 39.2 Å². The molecule has 0 bridgehead atoms. The minimum absolute atomic E-state index is 0.00888. The molecule has 0 aliphatic carbocycles. The zero-order valence-corrected chi connectivity index (χ0v) is 18.8. The largest absolute Gasteiger partial charge is 0.462 e. The molecule has 2 aromatic rings. The number of amides is 1. The summed E-state index contributed by atoms with van der Waals surface area (Å²) in [5.41, 5.74) is -0.157. The summed E-state index contributed by atoms with van der Waals surface area (Å²) in [6.07, 6.45) is 1.86. The first-order valence-electron chi connectivity index (χ1n) is 8.52. The minimum atomic E-state index is -3.79. The SMILES string of the molecule is CCOC(=O)c1sc(NC(=O)c2nc(S(C)(=O)=O)ncc2Cl)c(C(=O)OCC)c1C. The monoisotopic (exact) mass is 475 g/mol. The van der Waals surface area contributed by atoms with Gasteiger partial charge in [0.15, 0.2) is 5.69 Å². The zero-order valence-electron chi connectivity index (χ0n) is 16.4. The van der Waals surface area contributed by atoms with Crippen LogP contribution < -0.4 is 5.32 Å². The van der Waals surface area contributed by atoms with Gasteiger partial charge in [0.25, 0.3) is 5.91 Å². The van der Waals surface area contributed by atoms with E-state index in [1.165, 1.54) is 6.92 Å². The summed E-state index contributed by atoms with van der Waals surface area (Å²) in [5, 5.41) is 1.67. The van der Waals surface area contributed by atoms with Crippen LogP contribution >= 0.6 is 22.9 Å². The molecule has 0 saturated heterocycles. The first-order chi connectivity index (χ1) is 14.0. The maximum atomic E-state index is 12.7. The molecule has 10 nitrogen and oxygen atoms in total. The molecule has 13 heteroatoms. The lowest BCUT2D eigenvalue weighted by molar-refractivity contribution is 0.0527. The van der Waals surface area contributed by atoms with Crippen molar-refractivity contribution < 1.29 is 32.3 Å². The number of esters is 2. The summed E-state index contributed by atoms with van der Waals surface area (Å²) in [6.45, 7) is 4.96. The van der Waals surface area contributed by atoms with Gasteiger partial charge in [-0.25, -0.2) is 28.0 Å². The first kappa shape index (κ1) is 23.7. The van der Waals surface area contributed by atoms with Crippen LogP contribution in [-0.4, -0.2) is 55.7 Å². The Kier molecular flexibility index (Phi) is 7.50. The number of thiophene rings is 1. The summed E-state index contributed by atoms with van der Waals surface area (Å²) < 4.78 is 33.3. The van der Waals surface area contributed by atoms with Gasteiger partial charge in [-0.15, -0.1) is 11.3 Å². The Morgan fingerprint density at radius 3 is 2.33 bits per heavy atom. The maximum Gasteiger partial charge on any atom is 0.348 e. The van der Waals surface area contributed by atoms with Crippen LogP contribution in [0.15, 0.2) is 11.4 Å². The quantitative estimate of drug-likeness (QED) is 0.472. The molecule has 2 rings (SSSR count). The molecule has 0 spiro atoms. The van der Waals surface area contributed by atoms with Crippen molar-refractivity contribution in [2.24, 2.45) is 0 Å². The topological polar surface area (TPSA) is 142 Å². The van der Waals surface area contributed by atoms with Crippen LogP contribution in [0, 0.1) is 6.92 Å². The van der Waals surface area contributed by atoms with Crippen LogP contribution in [0.1, 0.15) is 49.9 Å². The van der Waals surface area contributed by atoms with E-state index in [0.29, 0.717) is 0 Å². The van der Waals surface area contributed by atoms with Gasteiger partial charge in [-0.3, -0.25) is 4.79 Å². The number of nitrogens with one attached hydrogen (secondary N) is 1. The standard InChI is InChI=1S/C17H18ClN3O7S2/c1-5-27-15(23)10-8(3)12(16(24)28-6-2)29-14(10)21-13(22)11-9(18)7-19-17(20-11)30(4,25)26/h7H,5-6H2,1-4H3,(H,21,22). The molecule has 0 atom stereocenters. The highest BCUT2D eigenvalue weighted by atomic mass is 35.5. The molecule has 0 aliphatic rings. The molecule has 1 amide bonds. The highest BCUT2D eigenvalue weighted by molar-refractivity contribution is 7.90. The molecule has 162 valence electrons. The molecule has 0 saturated carbocycles. The number of rotatable bonds is 7. The van der Waals surface area contributed by atoms with E-state index in [1.54, 1.807) is 13.8 Å². The zero-order chi connectivity index (χ0) is 22.6. The molecule has 1 N–H and O–H groups in total. The van der Waals surface area contributed by atoms with Crippen LogP contribution in [-0.2, 0) is 19.3 Å². The third-order valence-corrected chi connectivity index (χ3v) is 5.91. The summed E-state index contributed by atoms with van der Waals surface area (Å²) in [5.74, 6) is -2.30. The summed E-state index contributed by atoms with van der Waals surface area (Å²) in [6, 6.07) is 0. The molecular weight excluding hydrogens is 458 g/mol. The lowest BCUT2D eigenvalue weighted by atomic mass is 10.1. The molecule has 0 unspecified atom stereocenters. The Bertz CT molecular complexity index is 1110. The summed E-state index contributed by atoms with van der Waals surface area (Å²) in [4.78, 5) is 44.7. The van der Waals surface area contributed by atoms with Crippen molar-refractivity contribution in [3.05, 3.63) is 32.9 Å². The molecular formula is C17H18ClN3O7S2. The number of aromatic nitrogens is 2. The van der Waals surface area contributed by atoms with E-state index in [9.17, 15) is 22.8 Å². The van der Waals surface area contributed by atoms with E-state index in [4.69, 9.17) is 21.1 Å². The number of carbonyl (C=O) groups is 3. The third-order valence-electron chi connectivity index (χ3n) is 3.58. The number of halogens is 1. The molecule has 2 aromatic heterocycles. The lowest BCUT2D eigenvalue weighted by Crippen LogP contribution is -2.18. The van der Waals surface area contributed by atoms with E-state index in [2.05, 4.69) is 15.3 Å². The van der Waals surface area contributed by atoms with E-state index >= 15 is 0 Å². The summed E-state index contributed by atoms with van der Waals surface area (Å²) in [7, 11) is -3.79. The van der Waals surface area contributed by atoms with Crippen LogP contribution in [0.3, 0.4) is 0 Å². The average Bonchev–Trinajstić information content (AvgIpc) is 2.97. The van der Waals surface area contributed by atoms with Gasteiger partial charge in [0, 0.05) is 6.26 Å². The highest BCUT2D eigenvalue weighted by Gasteiger charge is 2.28. The second-order valence-corrected chi connectivity index (χ2v) is 9.11. The molecule has 0 radical (unpaired) electrons. The van der Waals surface area contributed by atoms with Crippen LogP contribution in [0.25, 0.3) is 0 Å². The number of nitrogens with zero attached hydrogens (tertiary/aromatic N) is 2. The normalized spacial score (nSPS) is 11.1. The molecule has 0 fully saturated rings. The highest BCUT2D eigenvalue weighted by Crippen LogP contribution is 2.35. The second kappa shape index (κ2) is 9.49. The number of sulfone groups is 1. The van der Waals surface area contributed by atoms with Crippen molar-refractivity contribution in [2.45, 2.75) is 25.9 Å². The number of hydrogen-bond donors (Lipinski definition) is 1. The van der Waals surface area contributed by atoms with Crippen molar-refractivity contribution in [1.29, 1.82) is 0 Å². The van der Waals surface area contributed by atoms with Crippen LogP contribution in [0.4, 0.5) is 5.00 Å². The van der Waals surface area contributed by atoms with E-state index in [0.717, 1.165) is 23.8 Å². The molecule has 30 heavy (non-hydrogen) atoms. The van der Waals surface area contributed by atoms with Crippen LogP contribution in [0.5, 0.6) is 0 Å². The van der Waals surface area contributed by atoms with Crippen LogP contribution in [0.2, 0.25) is 5.02 Å².